The van der Waals surface area contributed by atoms with Crippen molar-refractivity contribution in [3.8, 4) is 0 Å². The van der Waals surface area contributed by atoms with Crippen LogP contribution in [-0.2, 0) is 0 Å². The number of nitrogens with two attached hydrogens (primary N) is 1. The van der Waals surface area contributed by atoms with Gasteiger partial charge >= 0.3 is 0 Å². The van der Waals surface area contributed by atoms with Crippen LogP contribution in [0.4, 0.5) is 21.5 Å². The van der Waals surface area contributed by atoms with Gasteiger partial charge in [0.1, 0.15) is 11.5 Å². The molecule has 0 saturated carbocycles. The number of hydrazine groups is 1. The highest BCUT2D eigenvalue weighted by Crippen LogP contribution is 2.25. The topological polar surface area (TPSA) is 84.4 Å². The molecular formula is C13H11FN4O2S. The number of nitro groups is 1. The lowest BCUT2D eigenvalue weighted by atomic mass is 10.2. The van der Waals surface area contributed by atoms with Crippen LogP contribution in [0.1, 0.15) is 0 Å². The fraction of sp³-hybridized carbons (Fsp3) is 0. The Labute approximate surface area is 125 Å². The van der Waals surface area contributed by atoms with Crippen LogP contribution in [0.2, 0.25) is 0 Å². The van der Waals surface area contributed by atoms with Gasteiger partial charge in [0.25, 0.3) is 5.69 Å². The highest BCUT2D eigenvalue weighted by molar-refractivity contribution is 7.80. The second kappa shape index (κ2) is 6.14. The molecule has 0 heterocycles. The highest BCUT2D eigenvalue weighted by Gasteiger charge is 2.17. The summed E-state index contributed by atoms with van der Waals surface area (Å²) in [5.74, 6) is -0.410. The first-order valence-electron chi connectivity index (χ1n) is 5.84. The maximum atomic E-state index is 13.0. The Morgan fingerprint density at radius 2 is 1.86 bits per heavy atom. The number of hydrogen-bond donors (Lipinski definition) is 2. The van der Waals surface area contributed by atoms with E-state index in [4.69, 9.17) is 18.0 Å². The fourth-order valence-electron chi connectivity index (χ4n) is 1.68. The van der Waals surface area contributed by atoms with Crippen LogP contribution in [0.15, 0.2) is 48.5 Å². The number of nitrogens with zero attached hydrogens (tertiary/aromatic N) is 2. The predicted octanol–water partition coefficient (Wildman–Crippen LogP) is 2.81. The summed E-state index contributed by atoms with van der Waals surface area (Å²) in [5, 5.41) is 12.2. The Morgan fingerprint density at radius 3 is 2.43 bits per heavy atom. The number of benzene rings is 2. The van der Waals surface area contributed by atoms with Crippen molar-refractivity contribution in [1.82, 2.24) is 0 Å². The number of hydrogen-bond acceptors (Lipinski definition) is 4. The largest absolute Gasteiger partial charge is 0.374 e. The van der Waals surface area contributed by atoms with E-state index < -0.39 is 10.7 Å². The molecule has 108 valence electrons. The minimum atomic E-state index is -0.523. The summed E-state index contributed by atoms with van der Waals surface area (Å²) < 4.78 is 13.0. The highest BCUT2D eigenvalue weighted by atomic mass is 32.1. The summed E-state index contributed by atoms with van der Waals surface area (Å²) in [6, 6.07) is 11.4. The quantitative estimate of drug-likeness (QED) is 0.513. The van der Waals surface area contributed by atoms with Gasteiger partial charge in [-0.1, -0.05) is 12.1 Å². The molecule has 0 saturated heterocycles. The SMILES string of the molecule is NC(=S)N(Nc1ccccc1[N+](=O)[O-])c1ccc(F)cc1. The fourth-order valence-corrected chi connectivity index (χ4v) is 1.84. The zero-order valence-electron chi connectivity index (χ0n) is 10.7. The predicted molar refractivity (Wildman–Crippen MR) is 82.4 cm³/mol. The average molecular weight is 306 g/mol. The number of nitro benzene ring substituents is 1. The van der Waals surface area contributed by atoms with E-state index in [-0.39, 0.29) is 16.5 Å². The van der Waals surface area contributed by atoms with Gasteiger partial charge in [-0.15, -0.1) is 0 Å². The molecule has 0 unspecified atom stereocenters. The first kappa shape index (κ1) is 14.7. The monoisotopic (exact) mass is 306 g/mol. The molecule has 0 fully saturated rings. The number of nitrogens with one attached hydrogen (secondary N) is 1. The summed E-state index contributed by atoms with van der Waals surface area (Å²) >= 11 is 4.92. The molecule has 0 amide bonds. The van der Waals surface area contributed by atoms with Crippen LogP contribution in [0, 0.1) is 15.9 Å². The first-order valence-corrected chi connectivity index (χ1v) is 6.25. The molecule has 8 heteroatoms. The molecule has 0 aromatic heterocycles. The van der Waals surface area contributed by atoms with Crippen molar-refractivity contribution in [3.63, 3.8) is 0 Å². The Hall–Kier alpha value is -2.74. The molecule has 0 aliphatic rings. The van der Waals surface area contributed by atoms with Crippen molar-refractivity contribution < 1.29 is 9.31 Å². The van der Waals surface area contributed by atoms with Gasteiger partial charge in [0.2, 0.25) is 0 Å². The number of thiocarbonyl (C=S) groups is 1. The van der Waals surface area contributed by atoms with Crippen molar-refractivity contribution >= 4 is 34.4 Å². The molecule has 2 aromatic rings. The summed E-state index contributed by atoms with van der Waals surface area (Å²) in [6.45, 7) is 0. The van der Waals surface area contributed by atoms with Gasteiger partial charge in [-0.25, -0.2) is 9.40 Å². The molecular weight excluding hydrogens is 295 g/mol. The second-order valence-electron chi connectivity index (χ2n) is 4.04. The molecule has 0 bridgehead atoms. The van der Waals surface area contributed by atoms with E-state index in [0.717, 1.165) is 0 Å². The van der Waals surface area contributed by atoms with E-state index in [1.807, 2.05) is 0 Å². The minimum absolute atomic E-state index is 0.0558. The summed E-state index contributed by atoms with van der Waals surface area (Å²) in [5.41, 5.74) is 8.94. The summed E-state index contributed by atoms with van der Waals surface area (Å²) in [4.78, 5) is 10.5. The van der Waals surface area contributed by atoms with Crippen LogP contribution in [-0.4, -0.2) is 10.0 Å². The Morgan fingerprint density at radius 1 is 1.24 bits per heavy atom. The maximum Gasteiger partial charge on any atom is 0.294 e. The zero-order chi connectivity index (χ0) is 15.4. The second-order valence-corrected chi connectivity index (χ2v) is 4.45. The first-order chi connectivity index (χ1) is 9.99. The number of halogens is 1. The van der Waals surface area contributed by atoms with Gasteiger partial charge in [-0.3, -0.25) is 15.5 Å². The lowest BCUT2D eigenvalue weighted by Crippen LogP contribution is -2.40. The average Bonchev–Trinajstić information content (AvgIpc) is 2.46. The van der Waals surface area contributed by atoms with Crippen LogP contribution in [0.25, 0.3) is 0 Å². The van der Waals surface area contributed by atoms with Crippen molar-refractivity contribution in [2.45, 2.75) is 0 Å². The third kappa shape index (κ3) is 3.42. The summed E-state index contributed by atoms with van der Waals surface area (Å²) in [6.07, 6.45) is 0. The molecule has 6 nitrogen and oxygen atoms in total. The van der Waals surface area contributed by atoms with E-state index in [9.17, 15) is 14.5 Å². The number of para-hydroxylation sites is 2. The van der Waals surface area contributed by atoms with Crippen molar-refractivity contribution in [2.75, 3.05) is 10.4 Å². The summed E-state index contributed by atoms with van der Waals surface area (Å²) in [7, 11) is 0. The molecule has 0 spiro atoms. The zero-order valence-corrected chi connectivity index (χ0v) is 11.5. The third-order valence-corrected chi connectivity index (χ3v) is 2.82. The third-order valence-electron chi connectivity index (χ3n) is 2.64. The van der Waals surface area contributed by atoms with Gasteiger partial charge in [0.15, 0.2) is 5.11 Å². The van der Waals surface area contributed by atoms with Crippen molar-refractivity contribution in [1.29, 1.82) is 0 Å². The molecule has 2 aromatic carbocycles. The molecule has 3 N–H and O–H groups in total. The molecule has 0 atom stereocenters. The van der Waals surface area contributed by atoms with E-state index in [1.165, 1.54) is 41.4 Å². The number of rotatable bonds is 4. The van der Waals surface area contributed by atoms with Crippen LogP contribution in [0.5, 0.6) is 0 Å². The van der Waals surface area contributed by atoms with Gasteiger partial charge in [-0.05, 0) is 42.5 Å². The molecule has 0 radical (unpaired) electrons. The number of anilines is 2. The Bertz CT molecular complexity index is 678. The van der Waals surface area contributed by atoms with Crippen molar-refractivity contribution in [3.05, 3.63) is 64.5 Å². The Kier molecular flexibility index (Phi) is 4.29. The standard InChI is InChI=1S/C13H11FN4O2S/c14-9-5-7-10(8-6-9)17(13(15)21)16-11-3-1-2-4-12(11)18(19)20/h1-8,16H,(H2,15,21). The van der Waals surface area contributed by atoms with Crippen LogP contribution in [0.3, 0.4) is 0 Å². The lowest BCUT2D eigenvalue weighted by molar-refractivity contribution is -0.384. The van der Waals surface area contributed by atoms with Gasteiger partial charge in [0, 0.05) is 6.07 Å². The van der Waals surface area contributed by atoms with E-state index >= 15 is 0 Å². The molecule has 0 aliphatic carbocycles. The van der Waals surface area contributed by atoms with Gasteiger partial charge < -0.3 is 5.73 Å². The van der Waals surface area contributed by atoms with Crippen molar-refractivity contribution in [2.24, 2.45) is 5.73 Å². The van der Waals surface area contributed by atoms with E-state index in [1.54, 1.807) is 12.1 Å². The normalized spacial score (nSPS) is 9.95. The van der Waals surface area contributed by atoms with Crippen LogP contribution >= 0.6 is 12.2 Å². The van der Waals surface area contributed by atoms with E-state index in [2.05, 4.69) is 5.43 Å². The van der Waals surface area contributed by atoms with Gasteiger partial charge in [0.05, 0.1) is 10.6 Å². The smallest absolute Gasteiger partial charge is 0.294 e. The minimum Gasteiger partial charge on any atom is -0.374 e. The maximum absolute atomic E-state index is 13.0. The van der Waals surface area contributed by atoms with E-state index in [0.29, 0.717) is 5.69 Å². The lowest BCUT2D eigenvalue weighted by Gasteiger charge is -2.24. The molecule has 0 aliphatic heterocycles. The molecule has 21 heavy (non-hydrogen) atoms. The Balaban J connectivity index is 2.35. The van der Waals surface area contributed by atoms with Crippen LogP contribution < -0.4 is 16.2 Å². The molecule has 2 rings (SSSR count). The van der Waals surface area contributed by atoms with Gasteiger partial charge in [-0.2, -0.15) is 0 Å².